The van der Waals surface area contributed by atoms with Gasteiger partial charge in [0.2, 0.25) is 5.91 Å². The summed E-state index contributed by atoms with van der Waals surface area (Å²) in [4.78, 5) is 37.1. The highest BCUT2D eigenvalue weighted by atomic mass is 32.1. The number of nitrogens with one attached hydrogen (secondary N) is 2. The largest absolute Gasteiger partial charge is 0.501 e. The van der Waals surface area contributed by atoms with Gasteiger partial charge < -0.3 is 25.2 Å². The van der Waals surface area contributed by atoms with E-state index in [-0.39, 0.29) is 43.0 Å². The Morgan fingerprint density at radius 3 is 2.62 bits per heavy atom. The molecule has 1 amide bonds. The number of ether oxygens (including phenoxy) is 2. The molecule has 3 N–H and O–H groups in total. The van der Waals surface area contributed by atoms with Crippen molar-refractivity contribution in [3.8, 4) is 6.07 Å². The molecule has 9 nitrogen and oxygen atoms in total. The van der Waals surface area contributed by atoms with Crippen molar-refractivity contribution < 1.29 is 29.0 Å². The zero-order valence-electron chi connectivity index (χ0n) is 17.2. The second-order valence-corrected chi connectivity index (χ2v) is 7.36. The normalized spacial score (nSPS) is 18.0. The van der Waals surface area contributed by atoms with E-state index in [1.807, 2.05) is 6.07 Å². The Balaban J connectivity index is 2.11. The number of hydrogen-bond donors (Lipinski definition) is 3. The molecule has 2 rings (SSSR count). The summed E-state index contributed by atoms with van der Waals surface area (Å²) in [6.45, 7) is 7.17. The second kappa shape index (κ2) is 11.7. The first-order chi connectivity index (χ1) is 15.3. The van der Waals surface area contributed by atoms with Crippen LogP contribution >= 0.6 is 12.2 Å². The van der Waals surface area contributed by atoms with Gasteiger partial charge in [-0.25, -0.2) is 4.79 Å². The molecule has 168 valence electrons. The number of nitriles is 1. The summed E-state index contributed by atoms with van der Waals surface area (Å²) >= 11 is 4.81. The molecule has 10 heteroatoms. The van der Waals surface area contributed by atoms with Crippen molar-refractivity contribution in [3.05, 3.63) is 54.6 Å². The van der Waals surface area contributed by atoms with Gasteiger partial charge in [0, 0.05) is 6.54 Å². The van der Waals surface area contributed by atoms with Crippen LogP contribution in [0.1, 0.15) is 22.3 Å². The molecule has 0 aliphatic carbocycles. The number of rotatable bonds is 10. The van der Waals surface area contributed by atoms with Crippen LogP contribution in [0, 0.1) is 23.2 Å². The van der Waals surface area contributed by atoms with Gasteiger partial charge in [-0.05, 0) is 42.8 Å². The second-order valence-electron chi connectivity index (χ2n) is 6.94. The number of aliphatic hydroxyl groups excluding tert-OH is 1. The minimum atomic E-state index is -1.06. The zero-order chi connectivity index (χ0) is 23.7. The fourth-order valence-electron chi connectivity index (χ4n) is 3.25. The van der Waals surface area contributed by atoms with E-state index in [2.05, 4.69) is 23.8 Å². The van der Waals surface area contributed by atoms with E-state index in [0.29, 0.717) is 0 Å². The highest BCUT2D eigenvalue weighted by Gasteiger charge is 2.40. The molecule has 0 spiro atoms. The van der Waals surface area contributed by atoms with E-state index in [9.17, 15) is 24.8 Å². The van der Waals surface area contributed by atoms with Gasteiger partial charge in [0.15, 0.2) is 5.05 Å². The Morgan fingerprint density at radius 2 is 2.00 bits per heavy atom. The number of aliphatic hydroxyl groups is 1. The maximum atomic E-state index is 12.8. The number of benzene rings is 1. The van der Waals surface area contributed by atoms with Crippen molar-refractivity contribution in [1.29, 1.82) is 5.26 Å². The molecule has 1 aliphatic rings. The number of carbonyl (C=O) groups excluding carboxylic acids is 3. The van der Waals surface area contributed by atoms with Crippen LogP contribution < -0.4 is 10.6 Å². The molecule has 0 bridgehead atoms. The van der Waals surface area contributed by atoms with Gasteiger partial charge >= 0.3 is 11.9 Å². The van der Waals surface area contributed by atoms with Gasteiger partial charge in [-0.15, -0.1) is 0 Å². The molecule has 1 saturated heterocycles. The maximum Gasteiger partial charge on any atom is 0.338 e. The molecule has 1 aromatic carbocycles. The minimum Gasteiger partial charge on any atom is -0.501 e. The Bertz CT molecular complexity index is 971. The fraction of sp³-hybridized carbons (Fsp3) is 0.318. The Kier molecular flexibility index (Phi) is 9.07. The topological polar surface area (TPSA) is 138 Å². The van der Waals surface area contributed by atoms with Gasteiger partial charge in [0.1, 0.15) is 25.2 Å². The summed E-state index contributed by atoms with van der Waals surface area (Å²) in [7, 11) is 0. The van der Waals surface area contributed by atoms with Crippen LogP contribution in [0.2, 0.25) is 0 Å². The van der Waals surface area contributed by atoms with Gasteiger partial charge in [0.25, 0.3) is 0 Å². The number of carbonyl (C=O) groups is 3. The van der Waals surface area contributed by atoms with Gasteiger partial charge in [-0.3, -0.25) is 9.59 Å². The van der Waals surface area contributed by atoms with Crippen LogP contribution in [-0.2, 0) is 19.1 Å². The van der Waals surface area contributed by atoms with Crippen LogP contribution in [0.25, 0.3) is 0 Å². The van der Waals surface area contributed by atoms with Crippen molar-refractivity contribution in [2.45, 2.75) is 12.5 Å². The molecule has 0 saturated carbocycles. The summed E-state index contributed by atoms with van der Waals surface area (Å²) < 4.78 is 9.97. The van der Waals surface area contributed by atoms with E-state index < -0.39 is 40.8 Å². The van der Waals surface area contributed by atoms with Crippen molar-refractivity contribution in [2.75, 3.05) is 25.1 Å². The lowest BCUT2D eigenvalue weighted by atomic mass is 9.90. The minimum absolute atomic E-state index is 0.0233. The summed E-state index contributed by atoms with van der Waals surface area (Å²) in [5.41, 5.74) is 0.472. The molecular weight excluding hydrogens is 434 g/mol. The van der Waals surface area contributed by atoms with Crippen LogP contribution in [0.5, 0.6) is 0 Å². The van der Waals surface area contributed by atoms with Crippen molar-refractivity contribution in [3.63, 3.8) is 0 Å². The van der Waals surface area contributed by atoms with Crippen molar-refractivity contribution in [2.24, 2.45) is 11.8 Å². The SMILES string of the molecule is C=CCOC(=O)c1ccc(C#N)c(NC(=O)C2C[C@@H]([C@@H](C(=O)OCC=C)C(O)=S)CN2)c1. The average Bonchev–Trinajstić information content (AvgIpc) is 3.25. The van der Waals surface area contributed by atoms with E-state index in [0.717, 1.165) is 0 Å². The molecule has 1 unspecified atom stereocenters. The first-order valence-corrected chi connectivity index (χ1v) is 10.1. The molecule has 3 atom stereocenters. The molecule has 32 heavy (non-hydrogen) atoms. The fourth-order valence-corrected chi connectivity index (χ4v) is 3.54. The molecule has 1 aliphatic heterocycles. The lowest BCUT2D eigenvalue weighted by Gasteiger charge is -2.19. The first kappa shape index (κ1) is 24.7. The Hall–Kier alpha value is -3.55. The zero-order valence-corrected chi connectivity index (χ0v) is 18.0. The molecule has 0 radical (unpaired) electrons. The standard InChI is InChI=1S/C22H23N3O6S/c1-3-7-30-20(27)13-5-6-14(11-23)16(9-13)25-19(26)17-10-15(12-24-17)18(22(29)32)21(28)31-8-4-2/h3-6,9,15,17-18,24H,1-2,7-8,10,12H2,(H,25,26)(H,29,32)/t15-,17?,18+/m1/s1. The molecule has 1 aromatic rings. The first-order valence-electron chi connectivity index (χ1n) is 9.69. The maximum absolute atomic E-state index is 12.8. The van der Waals surface area contributed by atoms with Gasteiger partial charge in [-0.1, -0.05) is 25.3 Å². The number of hydrogen-bond acceptors (Lipinski definition) is 8. The highest BCUT2D eigenvalue weighted by molar-refractivity contribution is 7.80. The monoisotopic (exact) mass is 457 g/mol. The third-order valence-corrected chi connectivity index (χ3v) is 5.04. The predicted octanol–water partition coefficient (Wildman–Crippen LogP) is 2.05. The number of nitrogens with zero attached hydrogens (tertiary/aromatic N) is 1. The van der Waals surface area contributed by atoms with E-state index in [1.54, 1.807) is 0 Å². The summed E-state index contributed by atoms with van der Waals surface area (Å²) in [5, 5.41) is 24.2. The van der Waals surface area contributed by atoms with Crippen LogP contribution in [0.15, 0.2) is 43.5 Å². The molecule has 0 aromatic heterocycles. The van der Waals surface area contributed by atoms with E-state index in [1.165, 1.54) is 30.4 Å². The quantitative estimate of drug-likeness (QED) is 0.274. The predicted molar refractivity (Wildman–Crippen MR) is 120 cm³/mol. The lowest BCUT2D eigenvalue weighted by Crippen LogP contribution is -2.35. The van der Waals surface area contributed by atoms with Gasteiger partial charge in [-0.2, -0.15) is 5.26 Å². The lowest BCUT2D eigenvalue weighted by molar-refractivity contribution is -0.146. The summed E-state index contributed by atoms with van der Waals surface area (Å²) in [6.07, 6.45) is 3.01. The molecule has 1 fully saturated rings. The Labute approximate surface area is 190 Å². The highest BCUT2D eigenvalue weighted by Crippen LogP contribution is 2.26. The molecular formula is C22H23N3O6S. The number of amides is 1. The summed E-state index contributed by atoms with van der Waals surface area (Å²) in [6, 6.07) is 5.42. The van der Waals surface area contributed by atoms with Crippen LogP contribution in [0.4, 0.5) is 5.69 Å². The smallest absolute Gasteiger partial charge is 0.338 e. The number of esters is 2. The van der Waals surface area contributed by atoms with E-state index >= 15 is 0 Å². The van der Waals surface area contributed by atoms with Crippen molar-refractivity contribution in [1.82, 2.24) is 5.32 Å². The van der Waals surface area contributed by atoms with Gasteiger partial charge in [0.05, 0.1) is 22.9 Å². The van der Waals surface area contributed by atoms with Crippen molar-refractivity contribution >= 4 is 40.8 Å². The third-order valence-electron chi connectivity index (χ3n) is 4.78. The Morgan fingerprint density at radius 1 is 1.31 bits per heavy atom. The van der Waals surface area contributed by atoms with E-state index in [4.69, 9.17) is 21.7 Å². The number of anilines is 1. The molecule has 1 heterocycles. The summed E-state index contributed by atoms with van der Waals surface area (Å²) in [5.74, 6) is -3.31. The van der Waals surface area contributed by atoms with Crippen LogP contribution in [-0.4, -0.2) is 53.8 Å². The third kappa shape index (κ3) is 6.23. The number of thiocarbonyl (C=S) groups is 1. The van der Waals surface area contributed by atoms with Crippen LogP contribution in [0.3, 0.4) is 0 Å². The average molecular weight is 458 g/mol.